The highest BCUT2D eigenvalue weighted by molar-refractivity contribution is 8.00. The maximum absolute atomic E-state index is 12.5. The van der Waals surface area contributed by atoms with Gasteiger partial charge in [0.05, 0.1) is 5.25 Å². The van der Waals surface area contributed by atoms with Crippen molar-refractivity contribution in [3.05, 3.63) is 66.2 Å². The molecule has 3 rings (SSSR count). The summed E-state index contributed by atoms with van der Waals surface area (Å²) in [5.74, 6) is 0.132. The van der Waals surface area contributed by atoms with Gasteiger partial charge < -0.3 is 5.32 Å². The molecule has 0 radical (unpaired) electrons. The lowest BCUT2D eigenvalue weighted by Crippen LogP contribution is -2.41. The van der Waals surface area contributed by atoms with Crippen LogP contribution in [0, 0.1) is 0 Å². The van der Waals surface area contributed by atoms with Gasteiger partial charge in [-0.3, -0.25) is 9.69 Å². The van der Waals surface area contributed by atoms with E-state index in [1.54, 1.807) is 11.8 Å². The summed E-state index contributed by atoms with van der Waals surface area (Å²) in [5, 5.41) is 3.15. The minimum atomic E-state index is -0.0806. The van der Waals surface area contributed by atoms with Gasteiger partial charge in [0.25, 0.3) is 0 Å². The maximum Gasteiger partial charge on any atom is 0.233 e. The summed E-state index contributed by atoms with van der Waals surface area (Å²) >= 11 is 1.61. The lowest BCUT2D eigenvalue weighted by Gasteiger charge is -2.25. The first-order valence-corrected chi connectivity index (χ1v) is 9.82. The summed E-state index contributed by atoms with van der Waals surface area (Å²) < 4.78 is 0. The highest BCUT2D eigenvalue weighted by atomic mass is 32.2. The lowest BCUT2D eigenvalue weighted by atomic mass is 10.1. The fourth-order valence-corrected chi connectivity index (χ4v) is 4.17. The molecule has 3 nitrogen and oxygen atoms in total. The average molecular weight is 355 g/mol. The highest BCUT2D eigenvalue weighted by Crippen LogP contribution is 2.26. The van der Waals surface area contributed by atoms with Crippen molar-refractivity contribution < 1.29 is 4.79 Å². The Hall–Kier alpha value is -1.78. The van der Waals surface area contributed by atoms with Crippen molar-refractivity contribution in [2.24, 2.45) is 0 Å². The molecule has 2 aromatic rings. The lowest BCUT2D eigenvalue weighted by molar-refractivity contribution is -0.120. The van der Waals surface area contributed by atoms with Crippen LogP contribution in [0.4, 0.5) is 0 Å². The summed E-state index contributed by atoms with van der Waals surface area (Å²) in [5.41, 5.74) is 1.34. The van der Waals surface area contributed by atoms with E-state index in [4.69, 9.17) is 0 Å². The third-order valence-corrected chi connectivity index (χ3v) is 5.93. The fourth-order valence-electron chi connectivity index (χ4n) is 3.27. The van der Waals surface area contributed by atoms with E-state index >= 15 is 0 Å². The summed E-state index contributed by atoms with van der Waals surface area (Å²) in [7, 11) is 0. The number of nitrogens with one attached hydrogen (secondary N) is 1. The predicted molar refractivity (Wildman–Crippen MR) is 105 cm³/mol. The summed E-state index contributed by atoms with van der Waals surface area (Å²) in [6.45, 7) is 6.17. The highest BCUT2D eigenvalue weighted by Gasteiger charge is 2.28. The van der Waals surface area contributed by atoms with E-state index in [1.807, 2.05) is 37.3 Å². The molecule has 1 aliphatic rings. The number of hydrogen-bond acceptors (Lipinski definition) is 3. The van der Waals surface area contributed by atoms with Gasteiger partial charge in [-0.05, 0) is 38.0 Å². The molecule has 2 aromatic carbocycles. The zero-order chi connectivity index (χ0) is 17.6. The van der Waals surface area contributed by atoms with Crippen LogP contribution < -0.4 is 5.32 Å². The van der Waals surface area contributed by atoms with Crippen molar-refractivity contribution in [2.45, 2.75) is 42.5 Å². The van der Waals surface area contributed by atoms with Gasteiger partial charge in [0, 0.05) is 30.1 Å². The van der Waals surface area contributed by atoms with Crippen LogP contribution in [0.3, 0.4) is 0 Å². The number of benzene rings is 2. The standard InChI is InChI=1S/C21H26N2OS/c1-16(18-9-5-3-6-10-18)23-14-13-19(15-23)22-21(24)17(2)25-20-11-7-4-8-12-20/h3-12,16-17,19H,13-15H2,1-2H3,(H,22,24). The fraction of sp³-hybridized carbons (Fsp3) is 0.381. The molecule has 0 spiro atoms. The first-order valence-electron chi connectivity index (χ1n) is 8.94. The van der Waals surface area contributed by atoms with Crippen LogP contribution in [0.2, 0.25) is 0 Å². The second-order valence-electron chi connectivity index (χ2n) is 6.65. The first-order chi connectivity index (χ1) is 12.1. The molecule has 3 unspecified atom stereocenters. The Bertz CT molecular complexity index is 677. The predicted octanol–water partition coefficient (Wildman–Crippen LogP) is 4.12. The molecule has 1 heterocycles. The Balaban J connectivity index is 1.50. The van der Waals surface area contributed by atoms with Crippen LogP contribution in [-0.2, 0) is 4.79 Å². The third kappa shape index (κ3) is 4.86. The van der Waals surface area contributed by atoms with Gasteiger partial charge >= 0.3 is 0 Å². The monoisotopic (exact) mass is 354 g/mol. The molecule has 1 fully saturated rings. The van der Waals surface area contributed by atoms with Crippen molar-refractivity contribution in [2.75, 3.05) is 13.1 Å². The summed E-state index contributed by atoms with van der Waals surface area (Å²) in [4.78, 5) is 16.1. The second kappa shape index (κ2) is 8.54. The zero-order valence-corrected chi connectivity index (χ0v) is 15.7. The van der Waals surface area contributed by atoms with E-state index in [0.29, 0.717) is 6.04 Å². The van der Waals surface area contributed by atoms with Gasteiger partial charge in [-0.25, -0.2) is 0 Å². The zero-order valence-electron chi connectivity index (χ0n) is 14.9. The van der Waals surface area contributed by atoms with Crippen molar-refractivity contribution in [1.29, 1.82) is 0 Å². The number of carbonyl (C=O) groups excluding carboxylic acids is 1. The Kier molecular flexibility index (Phi) is 6.16. The summed E-state index contributed by atoms with van der Waals surface area (Å²) in [6, 6.07) is 21.3. The number of thioether (sulfide) groups is 1. The molecule has 0 aliphatic carbocycles. The Morgan fingerprint density at radius 2 is 1.72 bits per heavy atom. The molecule has 1 amide bonds. The Morgan fingerprint density at radius 1 is 1.08 bits per heavy atom. The SMILES string of the molecule is CC(Sc1ccccc1)C(=O)NC1CCN(C(C)c2ccccc2)C1. The topological polar surface area (TPSA) is 32.3 Å². The van der Waals surface area contributed by atoms with Gasteiger partial charge in [0.15, 0.2) is 0 Å². The Morgan fingerprint density at radius 3 is 2.40 bits per heavy atom. The van der Waals surface area contributed by atoms with E-state index in [2.05, 4.69) is 47.5 Å². The quantitative estimate of drug-likeness (QED) is 0.792. The molecular formula is C21H26N2OS. The molecule has 4 heteroatoms. The molecule has 1 N–H and O–H groups in total. The van der Waals surface area contributed by atoms with Crippen LogP contribution in [-0.4, -0.2) is 35.2 Å². The van der Waals surface area contributed by atoms with Gasteiger partial charge in [-0.15, -0.1) is 11.8 Å². The van der Waals surface area contributed by atoms with E-state index in [0.717, 1.165) is 24.4 Å². The molecule has 1 saturated heterocycles. The van der Waals surface area contributed by atoms with E-state index in [1.165, 1.54) is 5.56 Å². The van der Waals surface area contributed by atoms with Crippen LogP contribution in [0.15, 0.2) is 65.6 Å². The molecule has 132 valence electrons. The van der Waals surface area contributed by atoms with Crippen molar-refractivity contribution in [1.82, 2.24) is 10.2 Å². The number of hydrogen-bond donors (Lipinski definition) is 1. The minimum absolute atomic E-state index is 0.0806. The molecule has 25 heavy (non-hydrogen) atoms. The third-order valence-electron chi connectivity index (χ3n) is 4.82. The average Bonchev–Trinajstić information content (AvgIpc) is 3.11. The van der Waals surface area contributed by atoms with Gasteiger partial charge in [0.1, 0.15) is 0 Å². The normalized spacial score (nSPS) is 20.2. The van der Waals surface area contributed by atoms with E-state index in [9.17, 15) is 4.79 Å². The van der Waals surface area contributed by atoms with Crippen molar-refractivity contribution in [3.8, 4) is 0 Å². The first kappa shape index (κ1) is 18.0. The minimum Gasteiger partial charge on any atom is -0.351 e. The van der Waals surface area contributed by atoms with Crippen molar-refractivity contribution >= 4 is 17.7 Å². The van der Waals surface area contributed by atoms with Gasteiger partial charge in [0.2, 0.25) is 5.91 Å². The van der Waals surface area contributed by atoms with Crippen LogP contribution in [0.25, 0.3) is 0 Å². The number of nitrogens with zero attached hydrogens (tertiary/aromatic N) is 1. The molecule has 0 bridgehead atoms. The van der Waals surface area contributed by atoms with Gasteiger partial charge in [-0.1, -0.05) is 48.5 Å². The van der Waals surface area contributed by atoms with Gasteiger partial charge in [-0.2, -0.15) is 0 Å². The number of likely N-dealkylation sites (tertiary alicyclic amines) is 1. The molecule has 0 aromatic heterocycles. The summed E-state index contributed by atoms with van der Waals surface area (Å²) in [6.07, 6.45) is 1.02. The smallest absolute Gasteiger partial charge is 0.233 e. The van der Waals surface area contributed by atoms with Crippen molar-refractivity contribution in [3.63, 3.8) is 0 Å². The Labute approximate surface area is 154 Å². The van der Waals surface area contributed by atoms with E-state index < -0.39 is 0 Å². The maximum atomic E-state index is 12.5. The molecule has 0 saturated carbocycles. The van der Waals surface area contributed by atoms with Crippen LogP contribution in [0.5, 0.6) is 0 Å². The number of rotatable bonds is 6. The van der Waals surface area contributed by atoms with Crippen LogP contribution >= 0.6 is 11.8 Å². The number of carbonyl (C=O) groups is 1. The number of amides is 1. The molecular weight excluding hydrogens is 328 g/mol. The molecule has 3 atom stereocenters. The molecule has 1 aliphatic heterocycles. The second-order valence-corrected chi connectivity index (χ2v) is 8.06. The van der Waals surface area contributed by atoms with E-state index in [-0.39, 0.29) is 17.2 Å². The van der Waals surface area contributed by atoms with Crippen LogP contribution in [0.1, 0.15) is 31.9 Å². The largest absolute Gasteiger partial charge is 0.351 e.